The first-order valence-electron chi connectivity index (χ1n) is 5.60. The van der Waals surface area contributed by atoms with Crippen LogP contribution in [-0.4, -0.2) is 49.1 Å². The Bertz CT molecular complexity index is 144. The Morgan fingerprint density at radius 1 is 1.15 bits per heavy atom. The van der Waals surface area contributed by atoms with Gasteiger partial charge in [-0.15, -0.1) is 0 Å². The Hall–Kier alpha value is -0.0800. The first-order chi connectivity index (χ1) is 6.36. The number of piperazine rings is 1. The van der Waals surface area contributed by atoms with Crippen LogP contribution in [0.25, 0.3) is 0 Å². The SMILES string of the molecule is CN1CCN(C2C[CH]CCC2)CC1. The third-order valence-electron chi connectivity index (χ3n) is 3.44. The Labute approximate surface area is 81.9 Å². The average Bonchev–Trinajstić information content (AvgIpc) is 2.20. The molecule has 0 aromatic carbocycles. The number of likely N-dealkylation sites (N-methyl/N-ethyl adjacent to an activating group) is 1. The van der Waals surface area contributed by atoms with Crippen molar-refractivity contribution in [3.8, 4) is 0 Å². The first-order valence-corrected chi connectivity index (χ1v) is 5.60. The quantitative estimate of drug-likeness (QED) is 0.603. The van der Waals surface area contributed by atoms with Crippen molar-refractivity contribution in [3.05, 3.63) is 6.42 Å². The van der Waals surface area contributed by atoms with E-state index >= 15 is 0 Å². The molecule has 2 fully saturated rings. The zero-order valence-corrected chi connectivity index (χ0v) is 8.71. The molecule has 2 rings (SSSR count). The molecular formula is C11H21N2. The second kappa shape index (κ2) is 4.43. The molecule has 2 aliphatic rings. The van der Waals surface area contributed by atoms with Crippen LogP contribution in [0.2, 0.25) is 0 Å². The van der Waals surface area contributed by atoms with Gasteiger partial charge in [0.2, 0.25) is 0 Å². The van der Waals surface area contributed by atoms with Crippen LogP contribution in [0.4, 0.5) is 0 Å². The third kappa shape index (κ3) is 2.44. The van der Waals surface area contributed by atoms with Gasteiger partial charge in [-0.1, -0.05) is 12.8 Å². The molecule has 1 saturated carbocycles. The lowest BCUT2D eigenvalue weighted by Gasteiger charge is -2.39. The highest BCUT2D eigenvalue weighted by Gasteiger charge is 2.23. The molecule has 2 heteroatoms. The highest BCUT2D eigenvalue weighted by molar-refractivity contribution is 4.86. The molecule has 2 nitrogen and oxygen atoms in total. The second-order valence-electron chi connectivity index (χ2n) is 4.45. The van der Waals surface area contributed by atoms with Gasteiger partial charge in [0.25, 0.3) is 0 Å². The van der Waals surface area contributed by atoms with Crippen LogP contribution in [0.1, 0.15) is 25.7 Å². The van der Waals surface area contributed by atoms with Gasteiger partial charge in [-0.25, -0.2) is 0 Å². The molecule has 75 valence electrons. The van der Waals surface area contributed by atoms with Crippen molar-refractivity contribution in [2.45, 2.75) is 31.7 Å². The lowest BCUT2D eigenvalue weighted by Crippen LogP contribution is -2.49. The van der Waals surface area contributed by atoms with Crippen molar-refractivity contribution in [1.82, 2.24) is 9.80 Å². The fourth-order valence-corrected chi connectivity index (χ4v) is 2.44. The Morgan fingerprint density at radius 2 is 1.92 bits per heavy atom. The minimum Gasteiger partial charge on any atom is -0.304 e. The molecule has 1 aliphatic heterocycles. The summed E-state index contributed by atoms with van der Waals surface area (Å²) in [5, 5.41) is 0. The standard InChI is InChI=1S/C11H21N2/c1-12-7-9-13(10-8-12)11-5-3-2-4-6-11/h3,11H,2,4-10H2,1H3. The van der Waals surface area contributed by atoms with Crippen LogP contribution in [-0.2, 0) is 0 Å². The van der Waals surface area contributed by atoms with E-state index in [1.165, 1.54) is 51.9 Å². The summed E-state index contributed by atoms with van der Waals surface area (Å²) in [6.07, 6.45) is 8.01. The number of rotatable bonds is 1. The summed E-state index contributed by atoms with van der Waals surface area (Å²) in [5.41, 5.74) is 0. The monoisotopic (exact) mass is 181 g/mol. The predicted molar refractivity (Wildman–Crippen MR) is 55.6 cm³/mol. The first kappa shape index (κ1) is 9.47. The molecule has 0 aromatic heterocycles. The van der Waals surface area contributed by atoms with E-state index in [1.807, 2.05) is 0 Å². The minimum atomic E-state index is 0.877. The number of nitrogens with zero attached hydrogens (tertiary/aromatic N) is 2. The van der Waals surface area contributed by atoms with Gasteiger partial charge >= 0.3 is 0 Å². The molecular weight excluding hydrogens is 160 g/mol. The van der Waals surface area contributed by atoms with Crippen molar-refractivity contribution in [2.24, 2.45) is 0 Å². The fourth-order valence-electron chi connectivity index (χ4n) is 2.44. The lowest BCUT2D eigenvalue weighted by molar-refractivity contribution is 0.0992. The van der Waals surface area contributed by atoms with Gasteiger partial charge in [0.05, 0.1) is 0 Å². The van der Waals surface area contributed by atoms with E-state index in [1.54, 1.807) is 0 Å². The van der Waals surface area contributed by atoms with Crippen LogP contribution in [0.5, 0.6) is 0 Å². The van der Waals surface area contributed by atoms with Crippen molar-refractivity contribution in [3.63, 3.8) is 0 Å². The summed E-state index contributed by atoms with van der Waals surface area (Å²) < 4.78 is 0. The number of hydrogen-bond donors (Lipinski definition) is 0. The zero-order valence-electron chi connectivity index (χ0n) is 8.71. The fraction of sp³-hybridized carbons (Fsp3) is 0.909. The van der Waals surface area contributed by atoms with E-state index in [4.69, 9.17) is 0 Å². The second-order valence-corrected chi connectivity index (χ2v) is 4.45. The van der Waals surface area contributed by atoms with E-state index in [2.05, 4.69) is 23.3 Å². The van der Waals surface area contributed by atoms with Crippen LogP contribution < -0.4 is 0 Å². The molecule has 1 radical (unpaired) electrons. The maximum absolute atomic E-state index is 2.69. The van der Waals surface area contributed by atoms with Crippen LogP contribution in [0, 0.1) is 6.42 Å². The van der Waals surface area contributed by atoms with E-state index < -0.39 is 0 Å². The molecule has 13 heavy (non-hydrogen) atoms. The molecule has 1 aliphatic carbocycles. The third-order valence-corrected chi connectivity index (χ3v) is 3.44. The molecule has 0 bridgehead atoms. The predicted octanol–water partition coefficient (Wildman–Crippen LogP) is 1.38. The largest absolute Gasteiger partial charge is 0.304 e. The molecule has 1 unspecified atom stereocenters. The highest BCUT2D eigenvalue weighted by Crippen LogP contribution is 2.22. The minimum absolute atomic E-state index is 0.877. The Kier molecular flexibility index (Phi) is 3.23. The van der Waals surface area contributed by atoms with Gasteiger partial charge in [-0.3, -0.25) is 4.90 Å². The van der Waals surface area contributed by atoms with E-state index in [0.717, 1.165) is 6.04 Å². The molecule has 0 amide bonds. The summed E-state index contributed by atoms with van der Waals surface area (Å²) in [5.74, 6) is 0. The summed E-state index contributed by atoms with van der Waals surface area (Å²) in [4.78, 5) is 5.12. The summed E-state index contributed by atoms with van der Waals surface area (Å²) in [7, 11) is 2.23. The van der Waals surface area contributed by atoms with Gasteiger partial charge in [0.1, 0.15) is 0 Å². The summed E-state index contributed by atoms with van der Waals surface area (Å²) >= 11 is 0. The molecule has 0 spiro atoms. The summed E-state index contributed by atoms with van der Waals surface area (Å²) in [6.45, 7) is 5.09. The van der Waals surface area contributed by atoms with Gasteiger partial charge in [-0.2, -0.15) is 0 Å². The van der Waals surface area contributed by atoms with E-state index in [0.29, 0.717) is 0 Å². The van der Waals surface area contributed by atoms with Crippen LogP contribution in [0.3, 0.4) is 0 Å². The van der Waals surface area contributed by atoms with Gasteiger partial charge in [0, 0.05) is 32.2 Å². The smallest absolute Gasteiger partial charge is 0.0113 e. The highest BCUT2D eigenvalue weighted by atomic mass is 15.3. The maximum Gasteiger partial charge on any atom is 0.0113 e. The van der Waals surface area contributed by atoms with Crippen molar-refractivity contribution >= 4 is 0 Å². The molecule has 1 atom stereocenters. The normalized spacial score (nSPS) is 29.3. The van der Waals surface area contributed by atoms with Crippen molar-refractivity contribution in [1.29, 1.82) is 0 Å². The van der Waals surface area contributed by atoms with Gasteiger partial charge in [0.15, 0.2) is 0 Å². The summed E-state index contributed by atoms with van der Waals surface area (Å²) in [6, 6.07) is 0.877. The maximum atomic E-state index is 2.69. The molecule has 1 saturated heterocycles. The van der Waals surface area contributed by atoms with Crippen LogP contribution >= 0.6 is 0 Å². The van der Waals surface area contributed by atoms with Crippen molar-refractivity contribution in [2.75, 3.05) is 33.2 Å². The topological polar surface area (TPSA) is 6.48 Å². The Balaban J connectivity index is 1.79. The molecule has 0 aromatic rings. The zero-order chi connectivity index (χ0) is 9.10. The van der Waals surface area contributed by atoms with E-state index in [9.17, 15) is 0 Å². The lowest BCUT2D eigenvalue weighted by atomic mass is 9.94. The van der Waals surface area contributed by atoms with Gasteiger partial charge in [-0.05, 0) is 26.3 Å². The van der Waals surface area contributed by atoms with Crippen molar-refractivity contribution < 1.29 is 0 Å². The molecule has 1 heterocycles. The van der Waals surface area contributed by atoms with Crippen LogP contribution in [0.15, 0.2) is 0 Å². The number of hydrogen-bond acceptors (Lipinski definition) is 2. The average molecular weight is 181 g/mol. The Morgan fingerprint density at radius 3 is 2.54 bits per heavy atom. The van der Waals surface area contributed by atoms with Gasteiger partial charge < -0.3 is 4.90 Å². The molecule has 0 N–H and O–H groups in total. The van der Waals surface area contributed by atoms with E-state index in [-0.39, 0.29) is 0 Å².